The molecule has 0 saturated carbocycles. The number of halogens is 2. The number of anilines is 1. The second kappa shape index (κ2) is 11.1. The standard InChI is InChI=1S/C23H24F2N4O3/c1-26-9-2-3-10-32-23(31)27-20-6-4-5-16(11-20)15-29-22(30)8-7-21(28-29)17-12-18(24)14-19(25)13-17/h4-8,11-14,26H,2-3,9-10,15H2,1H3,(H,27,31). The molecule has 0 aliphatic heterocycles. The summed E-state index contributed by atoms with van der Waals surface area (Å²) >= 11 is 0. The van der Waals surface area contributed by atoms with Gasteiger partial charge in [-0.3, -0.25) is 10.1 Å². The first-order valence-corrected chi connectivity index (χ1v) is 10.2. The van der Waals surface area contributed by atoms with Crippen molar-refractivity contribution in [2.45, 2.75) is 19.4 Å². The molecule has 1 heterocycles. The minimum Gasteiger partial charge on any atom is -0.449 e. The third kappa shape index (κ3) is 6.71. The average Bonchev–Trinajstić information content (AvgIpc) is 2.75. The molecule has 0 aliphatic rings. The number of carbonyl (C=O) groups excluding carboxylic acids is 1. The van der Waals surface area contributed by atoms with Gasteiger partial charge in [0.25, 0.3) is 5.56 Å². The molecule has 7 nitrogen and oxygen atoms in total. The van der Waals surface area contributed by atoms with Crippen LogP contribution in [0.3, 0.4) is 0 Å². The van der Waals surface area contributed by atoms with Crippen molar-refractivity contribution in [3.63, 3.8) is 0 Å². The molecule has 1 aromatic heterocycles. The van der Waals surface area contributed by atoms with E-state index in [0.29, 0.717) is 17.9 Å². The van der Waals surface area contributed by atoms with Crippen molar-refractivity contribution in [2.75, 3.05) is 25.5 Å². The number of nitrogens with one attached hydrogen (secondary N) is 2. The fourth-order valence-corrected chi connectivity index (χ4v) is 3.06. The normalized spacial score (nSPS) is 10.7. The molecule has 0 saturated heterocycles. The predicted molar refractivity (Wildman–Crippen MR) is 118 cm³/mol. The Labute approximate surface area is 184 Å². The van der Waals surface area contributed by atoms with Crippen molar-refractivity contribution in [1.29, 1.82) is 0 Å². The second-order valence-corrected chi connectivity index (χ2v) is 7.14. The van der Waals surface area contributed by atoms with Gasteiger partial charge in [-0.25, -0.2) is 18.3 Å². The van der Waals surface area contributed by atoms with Crippen molar-refractivity contribution < 1.29 is 18.3 Å². The Kier molecular flexibility index (Phi) is 8.04. The predicted octanol–water partition coefficient (Wildman–Crippen LogP) is 3.78. The quantitative estimate of drug-likeness (QED) is 0.493. The lowest BCUT2D eigenvalue weighted by molar-refractivity contribution is 0.159. The fourth-order valence-electron chi connectivity index (χ4n) is 3.06. The number of unbranched alkanes of at least 4 members (excludes halogenated alkanes) is 1. The van der Waals surface area contributed by atoms with E-state index >= 15 is 0 Å². The number of carbonyl (C=O) groups is 1. The molecule has 1 amide bonds. The summed E-state index contributed by atoms with van der Waals surface area (Å²) in [7, 11) is 1.86. The number of ether oxygens (including phenoxy) is 1. The van der Waals surface area contributed by atoms with E-state index < -0.39 is 17.7 Å². The van der Waals surface area contributed by atoms with Crippen LogP contribution in [0.4, 0.5) is 19.3 Å². The smallest absolute Gasteiger partial charge is 0.411 e. The number of rotatable bonds is 9. The van der Waals surface area contributed by atoms with E-state index in [-0.39, 0.29) is 23.4 Å². The third-order valence-corrected chi connectivity index (χ3v) is 4.58. The summed E-state index contributed by atoms with van der Waals surface area (Å²) < 4.78 is 33.4. The van der Waals surface area contributed by atoms with Gasteiger partial charge in [0.15, 0.2) is 0 Å². The molecule has 3 rings (SSSR count). The zero-order valence-electron chi connectivity index (χ0n) is 17.6. The molecular weight excluding hydrogens is 418 g/mol. The highest BCUT2D eigenvalue weighted by atomic mass is 19.1. The molecule has 0 unspecified atom stereocenters. The summed E-state index contributed by atoms with van der Waals surface area (Å²) in [5.74, 6) is -1.46. The third-order valence-electron chi connectivity index (χ3n) is 4.58. The van der Waals surface area contributed by atoms with Crippen LogP contribution in [-0.2, 0) is 11.3 Å². The van der Waals surface area contributed by atoms with Crippen LogP contribution in [0.15, 0.2) is 59.4 Å². The molecule has 0 spiro atoms. The number of benzene rings is 2. The van der Waals surface area contributed by atoms with Gasteiger partial charge in [0.1, 0.15) is 11.6 Å². The van der Waals surface area contributed by atoms with E-state index in [1.54, 1.807) is 24.3 Å². The highest BCUT2D eigenvalue weighted by Gasteiger charge is 2.09. The Bertz CT molecular complexity index is 1110. The molecule has 0 aliphatic carbocycles. The molecule has 2 N–H and O–H groups in total. The summed E-state index contributed by atoms with van der Waals surface area (Å²) in [5.41, 5.74) is 1.33. The zero-order chi connectivity index (χ0) is 22.9. The number of hydrogen-bond donors (Lipinski definition) is 2. The number of amides is 1. The fraction of sp³-hybridized carbons (Fsp3) is 0.261. The van der Waals surface area contributed by atoms with E-state index in [9.17, 15) is 18.4 Å². The van der Waals surface area contributed by atoms with Crippen LogP contribution in [0.2, 0.25) is 0 Å². The van der Waals surface area contributed by atoms with Crippen LogP contribution in [0, 0.1) is 11.6 Å². The summed E-state index contributed by atoms with van der Waals surface area (Å²) in [6.45, 7) is 1.29. The minimum absolute atomic E-state index is 0.110. The van der Waals surface area contributed by atoms with Gasteiger partial charge in [0, 0.05) is 23.4 Å². The lowest BCUT2D eigenvalue weighted by atomic mass is 10.1. The molecule has 2 aromatic carbocycles. The van der Waals surface area contributed by atoms with Crippen molar-refractivity contribution in [1.82, 2.24) is 15.1 Å². The van der Waals surface area contributed by atoms with Gasteiger partial charge >= 0.3 is 6.09 Å². The topological polar surface area (TPSA) is 85.2 Å². The van der Waals surface area contributed by atoms with Gasteiger partial charge in [0.2, 0.25) is 0 Å². The number of nitrogens with zero attached hydrogens (tertiary/aromatic N) is 2. The Morgan fingerprint density at radius 2 is 1.84 bits per heavy atom. The van der Waals surface area contributed by atoms with Crippen LogP contribution in [-0.4, -0.2) is 36.1 Å². The van der Waals surface area contributed by atoms with E-state index in [2.05, 4.69) is 15.7 Å². The molecule has 3 aromatic rings. The first-order valence-electron chi connectivity index (χ1n) is 10.2. The Morgan fingerprint density at radius 1 is 1.06 bits per heavy atom. The Hall–Kier alpha value is -3.59. The van der Waals surface area contributed by atoms with Crippen molar-refractivity contribution in [3.8, 4) is 11.3 Å². The van der Waals surface area contributed by atoms with Gasteiger partial charge < -0.3 is 10.1 Å². The maximum absolute atomic E-state index is 13.5. The summed E-state index contributed by atoms with van der Waals surface area (Å²) in [6.07, 6.45) is 1.11. The molecule has 0 atom stereocenters. The number of aromatic nitrogens is 2. The van der Waals surface area contributed by atoms with Crippen LogP contribution >= 0.6 is 0 Å². The second-order valence-electron chi connectivity index (χ2n) is 7.14. The average molecular weight is 442 g/mol. The first kappa shape index (κ1) is 23.1. The number of hydrogen-bond acceptors (Lipinski definition) is 5. The monoisotopic (exact) mass is 442 g/mol. The van der Waals surface area contributed by atoms with Gasteiger partial charge in [-0.2, -0.15) is 5.10 Å². The molecule has 168 valence electrons. The van der Waals surface area contributed by atoms with E-state index in [0.717, 1.165) is 37.6 Å². The van der Waals surface area contributed by atoms with Gasteiger partial charge in [-0.05, 0) is 62.3 Å². The molecule has 32 heavy (non-hydrogen) atoms. The zero-order valence-corrected chi connectivity index (χ0v) is 17.6. The molecular formula is C23H24F2N4O3. The summed E-state index contributed by atoms with van der Waals surface area (Å²) in [6, 6.07) is 12.7. The molecule has 0 radical (unpaired) electrons. The Morgan fingerprint density at radius 3 is 2.59 bits per heavy atom. The van der Waals surface area contributed by atoms with Crippen LogP contribution in [0.5, 0.6) is 0 Å². The van der Waals surface area contributed by atoms with Crippen LogP contribution in [0.1, 0.15) is 18.4 Å². The molecule has 0 fully saturated rings. The van der Waals surface area contributed by atoms with Gasteiger partial charge in [0.05, 0.1) is 18.8 Å². The van der Waals surface area contributed by atoms with Crippen molar-refractivity contribution in [3.05, 3.63) is 82.1 Å². The molecule has 9 heteroatoms. The lowest BCUT2D eigenvalue weighted by Gasteiger charge is -2.10. The SMILES string of the molecule is CNCCCCOC(=O)Nc1cccc(Cn2nc(-c3cc(F)cc(F)c3)ccc2=O)c1. The summed E-state index contributed by atoms with van der Waals surface area (Å²) in [5, 5.41) is 9.91. The maximum Gasteiger partial charge on any atom is 0.411 e. The van der Waals surface area contributed by atoms with Crippen LogP contribution < -0.4 is 16.2 Å². The Balaban J connectivity index is 1.68. The van der Waals surface area contributed by atoms with E-state index in [1.807, 2.05) is 7.05 Å². The van der Waals surface area contributed by atoms with Crippen LogP contribution in [0.25, 0.3) is 11.3 Å². The van der Waals surface area contributed by atoms with E-state index in [1.165, 1.54) is 16.8 Å². The maximum atomic E-state index is 13.5. The van der Waals surface area contributed by atoms with Crippen molar-refractivity contribution in [2.24, 2.45) is 0 Å². The largest absolute Gasteiger partial charge is 0.449 e. The highest BCUT2D eigenvalue weighted by Crippen LogP contribution is 2.19. The lowest BCUT2D eigenvalue weighted by Crippen LogP contribution is -2.23. The van der Waals surface area contributed by atoms with E-state index in [4.69, 9.17) is 4.74 Å². The molecule has 0 bridgehead atoms. The van der Waals surface area contributed by atoms with Crippen molar-refractivity contribution >= 4 is 11.8 Å². The van der Waals surface area contributed by atoms with Gasteiger partial charge in [-0.15, -0.1) is 0 Å². The van der Waals surface area contributed by atoms with Gasteiger partial charge in [-0.1, -0.05) is 12.1 Å². The minimum atomic E-state index is -0.729. The summed E-state index contributed by atoms with van der Waals surface area (Å²) in [4.78, 5) is 24.2. The highest BCUT2D eigenvalue weighted by molar-refractivity contribution is 5.84. The first-order chi connectivity index (χ1) is 15.4.